The minimum absolute atomic E-state index is 0.264. The Labute approximate surface area is 72.9 Å². The van der Waals surface area contributed by atoms with E-state index in [0.29, 0.717) is 5.82 Å². The van der Waals surface area contributed by atoms with Gasteiger partial charge in [-0.15, -0.1) is 0 Å². The molecule has 0 spiro atoms. The molecule has 0 N–H and O–H groups in total. The monoisotopic (exact) mass is 170 g/mol. The van der Waals surface area contributed by atoms with E-state index in [1.807, 2.05) is 27.7 Å². The zero-order valence-electron chi connectivity index (χ0n) is 8.00. The molecule has 0 atom stereocenters. The van der Waals surface area contributed by atoms with Gasteiger partial charge in [-0.25, -0.2) is 14.4 Å². The molecule has 0 saturated heterocycles. The van der Waals surface area contributed by atoms with Gasteiger partial charge in [0.15, 0.2) is 5.82 Å². The first-order chi connectivity index (χ1) is 5.70. The zero-order valence-corrected chi connectivity index (χ0v) is 8.00. The Morgan fingerprint density at radius 1 is 1.17 bits per heavy atom. The number of hydrogen-bond acceptors (Lipinski definition) is 2. The van der Waals surface area contributed by atoms with E-state index >= 15 is 0 Å². The van der Waals surface area contributed by atoms with Crippen LogP contribution in [0.15, 0.2) is 12.4 Å². The normalized spacial score (nSPS) is 9.17. The highest BCUT2D eigenvalue weighted by atomic mass is 19.1. The van der Waals surface area contributed by atoms with Crippen molar-refractivity contribution in [2.24, 2.45) is 0 Å². The number of nitrogens with zero attached hydrogens (tertiary/aromatic N) is 2. The molecular formula is C9H15FN2. The molecule has 0 aromatic carbocycles. The number of halogens is 1. The van der Waals surface area contributed by atoms with Crippen LogP contribution >= 0.6 is 0 Å². The van der Waals surface area contributed by atoms with Crippen LogP contribution in [0.3, 0.4) is 0 Å². The molecule has 1 aromatic heterocycles. The first kappa shape index (κ1) is 11.0. The maximum atomic E-state index is 12.2. The van der Waals surface area contributed by atoms with Gasteiger partial charge in [0.05, 0.1) is 12.4 Å². The smallest absolute Gasteiger partial charge is 0.159 e. The van der Waals surface area contributed by atoms with Gasteiger partial charge in [-0.2, -0.15) is 0 Å². The fourth-order valence-corrected chi connectivity index (χ4v) is 0.620. The van der Waals surface area contributed by atoms with E-state index in [1.165, 1.54) is 12.4 Å². The van der Waals surface area contributed by atoms with E-state index < -0.39 is 0 Å². The van der Waals surface area contributed by atoms with E-state index in [1.54, 1.807) is 0 Å². The average molecular weight is 170 g/mol. The summed E-state index contributed by atoms with van der Waals surface area (Å²) in [5.74, 6) is 0.561. The summed E-state index contributed by atoms with van der Waals surface area (Å²) in [6.45, 7) is 7.93. The van der Waals surface area contributed by atoms with Crippen LogP contribution in [0.1, 0.15) is 39.4 Å². The van der Waals surface area contributed by atoms with E-state index in [-0.39, 0.29) is 11.7 Å². The molecule has 2 nitrogen and oxygen atoms in total. The van der Waals surface area contributed by atoms with Crippen LogP contribution in [-0.4, -0.2) is 9.97 Å². The Bertz CT molecular complexity index is 206. The molecule has 0 aliphatic rings. The fourth-order valence-electron chi connectivity index (χ4n) is 0.620. The molecule has 1 rings (SSSR count). The van der Waals surface area contributed by atoms with Crippen LogP contribution in [0.4, 0.5) is 4.39 Å². The molecule has 0 radical (unpaired) electrons. The van der Waals surface area contributed by atoms with Gasteiger partial charge in [0, 0.05) is 5.92 Å². The number of aromatic nitrogens is 2. The Hall–Kier alpha value is -0.990. The van der Waals surface area contributed by atoms with Gasteiger partial charge in [-0.1, -0.05) is 27.7 Å². The lowest BCUT2D eigenvalue weighted by molar-refractivity contribution is 0.604. The van der Waals surface area contributed by atoms with Crippen molar-refractivity contribution in [2.75, 3.05) is 0 Å². The average Bonchev–Trinajstić information content (AvgIpc) is 2.09. The van der Waals surface area contributed by atoms with Gasteiger partial charge in [0.25, 0.3) is 0 Å². The molecule has 3 heteroatoms. The predicted octanol–water partition coefficient (Wildman–Crippen LogP) is 2.77. The van der Waals surface area contributed by atoms with Gasteiger partial charge < -0.3 is 0 Å². The summed E-state index contributed by atoms with van der Waals surface area (Å²) >= 11 is 0. The lowest BCUT2D eigenvalue weighted by atomic mass is 10.2. The third-order valence-corrected chi connectivity index (χ3v) is 1.16. The maximum absolute atomic E-state index is 12.2. The van der Waals surface area contributed by atoms with Gasteiger partial charge >= 0.3 is 0 Å². The molecule has 1 aromatic rings. The summed E-state index contributed by atoms with van der Waals surface area (Å²) in [4.78, 5) is 7.58. The van der Waals surface area contributed by atoms with Gasteiger partial charge in [0.1, 0.15) is 5.82 Å². The molecule has 0 saturated carbocycles. The fraction of sp³-hybridized carbons (Fsp3) is 0.556. The van der Waals surface area contributed by atoms with E-state index in [4.69, 9.17) is 0 Å². The van der Waals surface area contributed by atoms with Crippen molar-refractivity contribution in [1.29, 1.82) is 0 Å². The maximum Gasteiger partial charge on any atom is 0.159 e. The Kier molecular flexibility index (Phi) is 5.17. The molecule has 1 heterocycles. The summed E-state index contributed by atoms with van der Waals surface area (Å²) in [5, 5.41) is 0. The van der Waals surface area contributed by atoms with E-state index in [9.17, 15) is 4.39 Å². The minimum Gasteiger partial charge on any atom is -0.238 e. The molecule has 12 heavy (non-hydrogen) atoms. The van der Waals surface area contributed by atoms with E-state index in [0.717, 1.165) is 0 Å². The topological polar surface area (TPSA) is 25.8 Å². The zero-order chi connectivity index (χ0) is 9.56. The Morgan fingerprint density at radius 3 is 1.92 bits per heavy atom. The standard InChI is InChI=1S/C7H9FN2.C2H6/c1-5(2)7-9-3-6(8)4-10-7;1-2/h3-5H,1-2H3;1-2H3. The summed E-state index contributed by atoms with van der Waals surface area (Å²) < 4.78 is 12.2. The second kappa shape index (κ2) is 5.63. The lowest BCUT2D eigenvalue weighted by Crippen LogP contribution is -1.96. The quantitative estimate of drug-likeness (QED) is 0.647. The van der Waals surface area contributed by atoms with Crippen LogP contribution in [0.25, 0.3) is 0 Å². The molecule has 68 valence electrons. The van der Waals surface area contributed by atoms with Crippen molar-refractivity contribution >= 4 is 0 Å². The summed E-state index contributed by atoms with van der Waals surface area (Å²) in [6, 6.07) is 0. The van der Waals surface area contributed by atoms with Crippen molar-refractivity contribution in [2.45, 2.75) is 33.6 Å². The van der Waals surface area contributed by atoms with Crippen LogP contribution < -0.4 is 0 Å². The molecule has 0 aliphatic carbocycles. The Morgan fingerprint density at radius 2 is 1.58 bits per heavy atom. The van der Waals surface area contributed by atoms with Gasteiger partial charge in [-0.05, 0) is 0 Å². The first-order valence-corrected chi connectivity index (χ1v) is 4.17. The van der Waals surface area contributed by atoms with Gasteiger partial charge in [0.2, 0.25) is 0 Å². The molecule has 0 aliphatic heterocycles. The molecule has 0 bridgehead atoms. The van der Waals surface area contributed by atoms with Crippen molar-refractivity contribution in [3.05, 3.63) is 24.0 Å². The van der Waals surface area contributed by atoms with Crippen molar-refractivity contribution in [1.82, 2.24) is 9.97 Å². The molecule has 0 fully saturated rings. The number of hydrogen-bond donors (Lipinski definition) is 0. The molecule has 0 unspecified atom stereocenters. The summed E-state index contributed by atoms with van der Waals surface area (Å²) in [7, 11) is 0. The number of rotatable bonds is 1. The highest BCUT2D eigenvalue weighted by Crippen LogP contribution is 2.06. The van der Waals surface area contributed by atoms with Crippen molar-refractivity contribution in [3.8, 4) is 0 Å². The second-order valence-electron chi connectivity index (χ2n) is 2.41. The second-order valence-corrected chi connectivity index (χ2v) is 2.41. The van der Waals surface area contributed by atoms with Crippen LogP contribution in [0, 0.1) is 5.82 Å². The van der Waals surface area contributed by atoms with Crippen LogP contribution in [-0.2, 0) is 0 Å². The SMILES string of the molecule is CC.CC(C)c1ncc(F)cn1. The summed E-state index contributed by atoms with van der Waals surface area (Å²) in [6.07, 6.45) is 2.37. The predicted molar refractivity (Wildman–Crippen MR) is 47.4 cm³/mol. The van der Waals surface area contributed by atoms with Crippen molar-refractivity contribution in [3.63, 3.8) is 0 Å². The lowest BCUT2D eigenvalue weighted by Gasteiger charge is -1.99. The van der Waals surface area contributed by atoms with E-state index in [2.05, 4.69) is 9.97 Å². The van der Waals surface area contributed by atoms with Crippen LogP contribution in [0.5, 0.6) is 0 Å². The van der Waals surface area contributed by atoms with Gasteiger partial charge in [-0.3, -0.25) is 0 Å². The third kappa shape index (κ3) is 3.42. The molecular weight excluding hydrogens is 155 g/mol. The third-order valence-electron chi connectivity index (χ3n) is 1.16. The Balaban J connectivity index is 0.000000561. The highest BCUT2D eigenvalue weighted by Gasteiger charge is 2.00. The minimum atomic E-state index is -0.385. The van der Waals surface area contributed by atoms with Crippen molar-refractivity contribution < 1.29 is 4.39 Å². The van der Waals surface area contributed by atoms with Crippen LogP contribution in [0.2, 0.25) is 0 Å². The first-order valence-electron chi connectivity index (χ1n) is 4.17. The highest BCUT2D eigenvalue weighted by molar-refractivity contribution is 4.94. The largest absolute Gasteiger partial charge is 0.238 e. The summed E-state index contributed by atoms with van der Waals surface area (Å²) in [5.41, 5.74) is 0. The molecule has 0 amide bonds.